The Kier molecular flexibility index (Phi) is 3.79. The number of pyridine rings is 1. The van der Waals surface area contributed by atoms with Gasteiger partial charge in [0.15, 0.2) is 0 Å². The van der Waals surface area contributed by atoms with Crippen LogP contribution in [0.3, 0.4) is 0 Å². The van der Waals surface area contributed by atoms with Crippen LogP contribution in [0.1, 0.15) is 0 Å². The van der Waals surface area contributed by atoms with E-state index in [1.54, 1.807) is 12.1 Å². The van der Waals surface area contributed by atoms with E-state index in [0.717, 1.165) is 4.73 Å². The Morgan fingerprint density at radius 2 is 1.65 bits per heavy atom. The van der Waals surface area contributed by atoms with Crippen LogP contribution in [0, 0.1) is 0 Å². The van der Waals surface area contributed by atoms with Gasteiger partial charge >= 0.3 is 0 Å². The zero-order valence-corrected chi connectivity index (χ0v) is 15.4. The molecule has 2 aromatic rings. The number of halogens is 1. The summed E-state index contributed by atoms with van der Waals surface area (Å²) in [5, 5.41) is 2.03. The molecular formula is C14H5ClNO4Si3. The number of fused-ring (bicyclic) bond motifs is 3. The molecule has 0 saturated carbocycles. The second kappa shape index (κ2) is 5.41. The lowest BCUT2D eigenvalue weighted by Crippen LogP contribution is -2.53. The predicted octanol–water partition coefficient (Wildman–Crippen LogP) is -2.79. The quantitative estimate of drug-likeness (QED) is 0.402. The molecule has 3 rings (SSSR count). The number of ketones is 2. The molecular weight excluding hydrogens is 366 g/mol. The van der Waals surface area contributed by atoms with Crippen molar-refractivity contribution in [2.75, 3.05) is 7.11 Å². The van der Waals surface area contributed by atoms with Gasteiger partial charge in [-0.15, -0.1) is 4.73 Å². The maximum atomic E-state index is 12.7. The number of Topliss-reactive ketones (excluding diaryl/α,β-unsaturated/α-hetero) is 2. The van der Waals surface area contributed by atoms with Crippen molar-refractivity contribution >= 4 is 80.2 Å². The van der Waals surface area contributed by atoms with Gasteiger partial charge in [-0.3, -0.25) is 14.4 Å². The van der Waals surface area contributed by atoms with Gasteiger partial charge < -0.3 is 4.84 Å². The lowest BCUT2D eigenvalue weighted by atomic mass is 10.0. The predicted molar refractivity (Wildman–Crippen MR) is 88.7 cm³/mol. The minimum Gasteiger partial charge on any atom is -0.413 e. The van der Waals surface area contributed by atoms with Crippen molar-refractivity contribution in [3.8, 4) is 0 Å². The van der Waals surface area contributed by atoms with Gasteiger partial charge in [-0.1, -0.05) is 16.8 Å². The number of hydrogen-bond acceptors (Lipinski definition) is 4. The molecule has 0 fully saturated rings. The third-order valence-electron chi connectivity index (χ3n) is 3.54. The van der Waals surface area contributed by atoms with Gasteiger partial charge in [0.2, 0.25) is 11.6 Å². The summed E-state index contributed by atoms with van der Waals surface area (Å²) < 4.78 is 0.960. The van der Waals surface area contributed by atoms with E-state index in [0.29, 0.717) is 20.8 Å². The third-order valence-corrected chi connectivity index (χ3v) is 5.09. The normalized spacial score (nSPS) is 14.5. The van der Waals surface area contributed by atoms with Crippen molar-refractivity contribution in [2.24, 2.45) is 0 Å². The van der Waals surface area contributed by atoms with E-state index < -0.39 is 17.1 Å². The maximum Gasteiger partial charge on any atom is 0.291 e. The molecule has 109 valence electrons. The van der Waals surface area contributed by atoms with Gasteiger partial charge in [-0.2, -0.15) is 0 Å². The van der Waals surface area contributed by atoms with Gasteiger partial charge in [0.05, 0.1) is 36.1 Å². The first-order chi connectivity index (χ1) is 10.8. The smallest absolute Gasteiger partial charge is 0.291 e. The second-order valence-electron chi connectivity index (χ2n) is 4.79. The molecule has 1 aromatic heterocycles. The summed E-state index contributed by atoms with van der Waals surface area (Å²) in [6.45, 7) is 0. The number of rotatable bonds is 1. The first-order valence-corrected chi connectivity index (χ1v) is 8.12. The van der Waals surface area contributed by atoms with Crippen LogP contribution in [0.2, 0.25) is 5.02 Å². The van der Waals surface area contributed by atoms with Crippen molar-refractivity contribution in [3.05, 3.63) is 38.1 Å². The summed E-state index contributed by atoms with van der Waals surface area (Å²) in [5.41, 5.74) is -0.486. The number of aromatic nitrogens is 1. The average molecular weight is 371 g/mol. The van der Waals surface area contributed by atoms with E-state index in [9.17, 15) is 14.4 Å². The van der Waals surface area contributed by atoms with Crippen LogP contribution in [0.5, 0.6) is 0 Å². The molecule has 0 atom stereocenters. The SMILES string of the molecule is COn1c2c(c3cc(Cl)cc([Si])c3c1=O)=C([Si])C(=O)C(=O)C=2[Si]. The molecule has 9 heteroatoms. The van der Waals surface area contributed by atoms with Crippen LogP contribution in [0.15, 0.2) is 16.9 Å². The van der Waals surface area contributed by atoms with Gasteiger partial charge in [-0.25, -0.2) is 0 Å². The number of carbonyl (C=O) groups is 2. The molecule has 0 amide bonds. The van der Waals surface area contributed by atoms with E-state index in [2.05, 4.69) is 30.7 Å². The van der Waals surface area contributed by atoms with Gasteiger partial charge in [-0.05, 0) is 22.7 Å². The standard InChI is InChI=1S/C14H5ClNO4Si3/c1-20-16-9-8(12(22)10(17)11(18)13(9)23)5-2-4(15)3-6(21)7(5)14(16)19/h2-3H,1H3. The molecule has 0 saturated heterocycles. The topological polar surface area (TPSA) is 65.4 Å². The van der Waals surface area contributed by atoms with Crippen LogP contribution >= 0.6 is 11.6 Å². The van der Waals surface area contributed by atoms with Gasteiger partial charge in [0, 0.05) is 20.8 Å². The molecule has 0 bridgehead atoms. The highest BCUT2D eigenvalue weighted by Gasteiger charge is 2.27. The van der Waals surface area contributed by atoms with Crippen molar-refractivity contribution in [2.45, 2.75) is 0 Å². The number of hydrogen-bond donors (Lipinski definition) is 0. The Labute approximate surface area is 144 Å². The highest BCUT2D eigenvalue weighted by Crippen LogP contribution is 2.13. The molecule has 23 heavy (non-hydrogen) atoms. The summed E-state index contributed by atoms with van der Waals surface area (Å²) >= 11 is 6.07. The Hall–Kier alpha value is -1.75. The monoisotopic (exact) mass is 370 g/mol. The van der Waals surface area contributed by atoms with Gasteiger partial charge in [0.1, 0.15) is 7.11 Å². The fourth-order valence-electron chi connectivity index (χ4n) is 2.57. The van der Waals surface area contributed by atoms with Crippen molar-refractivity contribution < 1.29 is 14.4 Å². The first kappa shape index (κ1) is 16.1. The zero-order chi connectivity index (χ0) is 17.0. The summed E-state index contributed by atoms with van der Waals surface area (Å²) in [4.78, 5) is 42.0. The molecule has 0 aliphatic heterocycles. The van der Waals surface area contributed by atoms with E-state index in [1.807, 2.05) is 0 Å². The number of nitrogens with zero attached hydrogens (tertiary/aromatic N) is 1. The van der Waals surface area contributed by atoms with Crippen molar-refractivity contribution in [3.63, 3.8) is 0 Å². The molecule has 1 heterocycles. The Morgan fingerprint density at radius 1 is 1.04 bits per heavy atom. The van der Waals surface area contributed by atoms with Crippen LogP contribution < -0.4 is 26.2 Å². The Bertz CT molecular complexity index is 1100. The summed E-state index contributed by atoms with van der Waals surface area (Å²) in [6, 6.07) is 3.12. The third kappa shape index (κ3) is 2.13. The van der Waals surface area contributed by atoms with Crippen LogP contribution in [0.25, 0.3) is 21.2 Å². The number of carbonyl (C=O) groups excluding carboxylic acids is 2. The largest absolute Gasteiger partial charge is 0.413 e. The molecule has 9 radical (unpaired) electrons. The lowest BCUT2D eigenvalue weighted by Gasteiger charge is -2.16. The van der Waals surface area contributed by atoms with Gasteiger partial charge in [0.25, 0.3) is 5.56 Å². The number of benzene rings is 1. The average Bonchev–Trinajstić information content (AvgIpc) is 2.49. The summed E-state index contributed by atoms with van der Waals surface area (Å²) in [7, 11) is 11.0. The van der Waals surface area contributed by atoms with Crippen LogP contribution in [-0.2, 0) is 9.59 Å². The van der Waals surface area contributed by atoms with Crippen LogP contribution in [-0.4, -0.2) is 54.1 Å². The maximum absolute atomic E-state index is 12.7. The van der Waals surface area contributed by atoms with E-state index >= 15 is 0 Å². The Balaban J connectivity index is 2.87. The molecule has 1 aliphatic rings. The van der Waals surface area contributed by atoms with E-state index in [4.69, 9.17) is 16.4 Å². The molecule has 1 aliphatic carbocycles. The van der Waals surface area contributed by atoms with Crippen molar-refractivity contribution in [1.82, 2.24) is 4.73 Å². The minimum absolute atomic E-state index is 0.0381. The zero-order valence-electron chi connectivity index (χ0n) is 11.6. The van der Waals surface area contributed by atoms with Crippen LogP contribution in [0.4, 0.5) is 0 Å². The second-order valence-corrected chi connectivity index (χ2v) is 6.76. The van der Waals surface area contributed by atoms with E-state index in [1.165, 1.54) is 7.11 Å². The van der Waals surface area contributed by atoms with Crippen molar-refractivity contribution in [1.29, 1.82) is 0 Å². The minimum atomic E-state index is -0.774. The fourth-order valence-corrected chi connectivity index (χ4v) is 3.98. The Morgan fingerprint density at radius 3 is 2.26 bits per heavy atom. The molecule has 0 unspecified atom stereocenters. The fraction of sp³-hybridized carbons (Fsp3) is 0.0714. The molecule has 1 aromatic carbocycles. The summed E-state index contributed by atoms with van der Waals surface area (Å²) in [6.07, 6.45) is 0. The molecule has 0 N–H and O–H groups in total. The summed E-state index contributed by atoms with van der Waals surface area (Å²) in [5.74, 6) is -1.50. The molecule has 5 nitrogen and oxygen atoms in total. The highest BCUT2D eigenvalue weighted by molar-refractivity contribution is 6.82. The lowest BCUT2D eigenvalue weighted by molar-refractivity contribution is -0.129. The molecule has 0 spiro atoms. The highest BCUT2D eigenvalue weighted by atomic mass is 35.5. The van der Waals surface area contributed by atoms with E-state index in [-0.39, 0.29) is 21.1 Å². The first-order valence-electron chi connectivity index (χ1n) is 6.24.